The summed E-state index contributed by atoms with van der Waals surface area (Å²) in [7, 11) is 3.30. The van der Waals surface area contributed by atoms with Gasteiger partial charge in [0.15, 0.2) is 11.5 Å². The van der Waals surface area contributed by atoms with Crippen molar-refractivity contribution in [3.63, 3.8) is 0 Å². The number of rotatable bonds is 6. The topological polar surface area (TPSA) is 68.3 Å². The summed E-state index contributed by atoms with van der Waals surface area (Å²) in [5, 5.41) is 0. The first kappa shape index (κ1) is 21.2. The molecule has 7 heteroatoms. The third-order valence-corrected chi connectivity index (χ3v) is 6.26. The number of para-hydroxylation sites is 1. The Hall–Kier alpha value is -3.71. The van der Waals surface area contributed by atoms with Gasteiger partial charge in [0.2, 0.25) is 0 Å². The second kappa shape index (κ2) is 9.03. The molecule has 5 rings (SSSR count). The van der Waals surface area contributed by atoms with E-state index in [0.29, 0.717) is 17.2 Å². The van der Waals surface area contributed by atoms with Crippen LogP contribution < -0.4 is 20.1 Å². The van der Waals surface area contributed by atoms with Crippen LogP contribution in [0.15, 0.2) is 66.9 Å². The predicted molar refractivity (Wildman–Crippen MR) is 132 cm³/mol. The number of hydrogen-bond acceptors (Lipinski definition) is 6. The average Bonchev–Trinajstić information content (AvgIpc) is 3.22. The Balaban J connectivity index is 1.46. The van der Waals surface area contributed by atoms with Crippen molar-refractivity contribution < 1.29 is 9.47 Å². The monoisotopic (exact) mass is 443 g/mol. The summed E-state index contributed by atoms with van der Waals surface area (Å²) >= 11 is 0. The van der Waals surface area contributed by atoms with Crippen molar-refractivity contribution in [2.24, 2.45) is 0 Å². The molecule has 3 heterocycles. The highest BCUT2D eigenvalue weighted by Crippen LogP contribution is 2.34. The normalized spacial score (nSPS) is 14.5. The van der Waals surface area contributed by atoms with E-state index in [1.54, 1.807) is 14.2 Å². The number of piperazine rings is 1. The van der Waals surface area contributed by atoms with Crippen molar-refractivity contribution >= 4 is 17.0 Å². The van der Waals surface area contributed by atoms with Crippen LogP contribution in [0, 0.1) is 0 Å². The molecule has 7 nitrogen and oxygen atoms in total. The SMILES string of the molecule is COc1ccc(-c2nc3ccc(N)cn3c2CN2CCN(c3ccccc3)CC2)cc1OC. The first-order valence-corrected chi connectivity index (χ1v) is 11.2. The lowest BCUT2D eigenvalue weighted by Gasteiger charge is -2.36. The van der Waals surface area contributed by atoms with Gasteiger partial charge in [0.05, 0.1) is 25.6 Å². The molecule has 2 N–H and O–H groups in total. The van der Waals surface area contributed by atoms with E-state index >= 15 is 0 Å². The molecule has 0 radical (unpaired) electrons. The van der Waals surface area contributed by atoms with Crippen LogP contribution in [0.5, 0.6) is 11.5 Å². The van der Waals surface area contributed by atoms with E-state index in [0.717, 1.165) is 55.3 Å². The Kier molecular flexibility index (Phi) is 5.79. The Morgan fingerprint density at radius 2 is 1.64 bits per heavy atom. The molecule has 0 saturated carbocycles. The maximum Gasteiger partial charge on any atom is 0.161 e. The highest BCUT2D eigenvalue weighted by molar-refractivity contribution is 5.70. The molecule has 0 amide bonds. The number of aromatic nitrogens is 2. The summed E-state index contributed by atoms with van der Waals surface area (Å²) in [4.78, 5) is 9.88. The largest absolute Gasteiger partial charge is 0.493 e. The molecule has 1 aliphatic rings. The van der Waals surface area contributed by atoms with Crippen LogP contribution in [0.4, 0.5) is 11.4 Å². The summed E-state index contributed by atoms with van der Waals surface area (Å²) in [6.45, 7) is 4.74. The van der Waals surface area contributed by atoms with Gasteiger partial charge in [-0.2, -0.15) is 0 Å². The third-order valence-electron chi connectivity index (χ3n) is 6.26. The van der Waals surface area contributed by atoms with Crippen LogP contribution in [0.2, 0.25) is 0 Å². The van der Waals surface area contributed by atoms with Crippen LogP contribution >= 0.6 is 0 Å². The second-order valence-electron chi connectivity index (χ2n) is 8.27. The van der Waals surface area contributed by atoms with Crippen LogP contribution in [0.1, 0.15) is 5.69 Å². The number of imidazole rings is 1. The molecule has 0 spiro atoms. The molecule has 0 bridgehead atoms. The van der Waals surface area contributed by atoms with Gasteiger partial charge in [0.1, 0.15) is 5.65 Å². The highest BCUT2D eigenvalue weighted by Gasteiger charge is 2.22. The van der Waals surface area contributed by atoms with Gasteiger partial charge in [-0.25, -0.2) is 4.98 Å². The minimum Gasteiger partial charge on any atom is -0.493 e. The number of benzene rings is 2. The number of nitrogens with zero attached hydrogens (tertiary/aromatic N) is 4. The molecule has 170 valence electrons. The fourth-order valence-corrected chi connectivity index (χ4v) is 4.49. The molecule has 2 aromatic carbocycles. The molecule has 1 saturated heterocycles. The van der Waals surface area contributed by atoms with Crippen molar-refractivity contribution in [3.8, 4) is 22.8 Å². The highest BCUT2D eigenvalue weighted by atomic mass is 16.5. The zero-order valence-corrected chi connectivity index (χ0v) is 19.1. The first-order valence-electron chi connectivity index (χ1n) is 11.2. The van der Waals surface area contributed by atoms with Gasteiger partial charge in [0.25, 0.3) is 0 Å². The Bertz CT molecular complexity index is 1250. The number of fused-ring (bicyclic) bond motifs is 1. The lowest BCUT2D eigenvalue weighted by molar-refractivity contribution is 0.247. The van der Waals surface area contributed by atoms with Gasteiger partial charge >= 0.3 is 0 Å². The molecule has 0 aliphatic carbocycles. The standard InChI is InChI=1S/C26H29N5O2/c1-32-23-10-8-19(16-24(23)33-2)26-22(31-17-20(27)9-11-25(31)28-26)18-29-12-14-30(15-13-29)21-6-4-3-5-7-21/h3-11,16-17H,12-15,18,27H2,1-2H3. The number of nitrogens with two attached hydrogens (primary N) is 1. The van der Waals surface area contributed by atoms with E-state index in [9.17, 15) is 0 Å². The molecule has 0 unspecified atom stereocenters. The van der Waals surface area contributed by atoms with E-state index in [1.165, 1.54) is 5.69 Å². The summed E-state index contributed by atoms with van der Waals surface area (Å²) in [5.41, 5.74) is 12.1. The maximum atomic E-state index is 6.13. The van der Waals surface area contributed by atoms with E-state index < -0.39 is 0 Å². The molecule has 1 fully saturated rings. The number of nitrogen functional groups attached to an aromatic ring is 1. The van der Waals surface area contributed by atoms with E-state index in [4.69, 9.17) is 20.2 Å². The number of hydrogen-bond donors (Lipinski definition) is 1. The molecule has 0 atom stereocenters. The summed E-state index contributed by atoms with van der Waals surface area (Å²) in [6, 6.07) is 20.4. The number of methoxy groups -OCH3 is 2. The average molecular weight is 444 g/mol. The van der Waals surface area contributed by atoms with E-state index in [2.05, 4.69) is 44.5 Å². The van der Waals surface area contributed by atoms with Gasteiger partial charge in [-0.15, -0.1) is 0 Å². The van der Waals surface area contributed by atoms with Crippen molar-refractivity contribution in [1.29, 1.82) is 0 Å². The van der Waals surface area contributed by atoms with Crippen LogP contribution in [-0.2, 0) is 6.54 Å². The van der Waals surface area contributed by atoms with Crippen molar-refractivity contribution in [2.45, 2.75) is 6.54 Å². The fraction of sp³-hybridized carbons (Fsp3) is 0.269. The van der Waals surface area contributed by atoms with Crippen molar-refractivity contribution in [2.75, 3.05) is 51.0 Å². The lowest BCUT2D eigenvalue weighted by Crippen LogP contribution is -2.46. The quantitative estimate of drug-likeness (QED) is 0.487. The van der Waals surface area contributed by atoms with Crippen molar-refractivity contribution in [3.05, 3.63) is 72.6 Å². The Labute approximate surface area is 194 Å². The predicted octanol–water partition coefficient (Wildman–Crippen LogP) is 3.92. The van der Waals surface area contributed by atoms with Crippen LogP contribution in [-0.4, -0.2) is 54.7 Å². The Morgan fingerprint density at radius 3 is 2.36 bits per heavy atom. The van der Waals surface area contributed by atoms with Crippen LogP contribution in [0.3, 0.4) is 0 Å². The summed E-state index contributed by atoms with van der Waals surface area (Å²) in [6.07, 6.45) is 1.96. The zero-order valence-electron chi connectivity index (χ0n) is 19.1. The third kappa shape index (κ3) is 4.19. The number of pyridine rings is 1. The molecule has 2 aromatic heterocycles. The lowest BCUT2D eigenvalue weighted by atomic mass is 10.1. The molecule has 33 heavy (non-hydrogen) atoms. The first-order chi connectivity index (χ1) is 16.2. The Morgan fingerprint density at radius 1 is 0.879 bits per heavy atom. The van der Waals surface area contributed by atoms with Gasteiger partial charge in [-0.3, -0.25) is 4.90 Å². The van der Waals surface area contributed by atoms with Crippen molar-refractivity contribution in [1.82, 2.24) is 14.3 Å². The summed E-state index contributed by atoms with van der Waals surface area (Å²) < 4.78 is 13.1. The zero-order chi connectivity index (χ0) is 22.8. The minimum atomic E-state index is 0.689. The van der Waals surface area contributed by atoms with Gasteiger partial charge in [-0.05, 0) is 42.5 Å². The summed E-state index contributed by atoms with van der Waals surface area (Å²) in [5.74, 6) is 1.39. The van der Waals surface area contributed by atoms with Gasteiger partial charge in [0, 0.05) is 55.9 Å². The van der Waals surface area contributed by atoms with E-state index in [-0.39, 0.29) is 0 Å². The number of anilines is 2. The smallest absolute Gasteiger partial charge is 0.161 e. The minimum absolute atomic E-state index is 0.689. The van der Waals surface area contributed by atoms with E-state index in [1.807, 2.05) is 36.5 Å². The maximum absolute atomic E-state index is 6.13. The molecule has 1 aliphatic heterocycles. The van der Waals surface area contributed by atoms with Gasteiger partial charge < -0.3 is 24.5 Å². The molecular weight excluding hydrogens is 414 g/mol. The van der Waals surface area contributed by atoms with Gasteiger partial charge in [-0.1, -0.05) is 18.2 Å². The number of ether oxygens (including phenoxy) is 2. The van der Waals surface area contributed by atoms with Crippen LogP contribution in [0.25, 0.3) is 16.9 Å². The second-order valence-corrected chi connectivity index (χ2v) is 8.27. The molecular formula is C26H29N5O2. The molecule has 4 aromatic rings. The fourth-order valence-electron chi connectivity index (χ4n) is 4.49.